The third-order valence-electron chi connectivity index (χ3n) is 2.45. The van der Waals surface area contributed by atoms with Gasteiger partial charge < -0.3 is 5.32 Å². The molecule has 96 valence electrons. The van der Waals surface area contributed by atoms with Crippen molar-refractivity contribution in [2.45, 2.75) is 52.6 Å². The van der Waals surface area contributed by atoms with Gasteiger partial charge in [-0.3, -0.25) is 14.5 Å². The van der Waals surface area contributed by atoms with Crippen molar-refractivity contribution in [2.24, 2.45) is 0 Å². The van der Waals surface area contributed by atoms with Crippen molar-refractivity contribution in [3.63, 3.8) is 0 Å². The third kappa shape index (κ3) is 3.15. The normalized spacial score (nSPS) is 13.1. The number of aromatic nitrogens is 3. The Morgan fingerprint density at radius 1 is 1.35 bits per heavy atom. The molecular formula is C11H20N4OS. The molecule has 0 saturated heterocycles. The smallest absolute Gasteiger partial charge is 0.243 e. The standard InChI is InChI=1S/C11H20N4OS/c1-6(2)9-13-14-11(17)15(9)8(5)10(16)12-7(3)4/h6-8H,1-5H3,(H,12,16)(H,14,17). The van der Waals surface area contributed by atoms with E-state index in [4.69, 9.17) is 12.2 Å². The summed E-state index contributed by atoms with van der Waals surface area (Å²) in [6.07, 6.45) is 0. The maximum Gasteiger partial charge on any atom is 0.243 e. The monoisotopic (exact) mass is 256 g/mol. The second-order valence-electron chi connectivity index (χ2n) is 4.75. The summed E-state index contributed by atoms with van der Waals surface area (Å²) in [5.41, 5.74) is 0. The van der Waals surface area contributed by atoms with Crippen molar-refractivity contribution >= 4 is 18.1 Å². The molecule has 0 radical (unpaired) electrons. The van der Waals surface area contributed by atoms with E-state index in [1.807, 2.05) is 34.6 Å². The van der Waals surface area contributed by atoms with E-state index in [0.29, 0.717) is 4.77 Å². The Morgan fingerprint density at radius 3 is 2.41 bits per heavy atom. The van der Waals surface area contributed by atoms with Crippen molar-refractivity contribution in [3.05, 3.63) is 10.6 Å². The highest BCUT2D eigenvalue weighted by Crippen LogP contribution is 2.17. The Labute approximate surface area is 107 Å². The average Bonchev–Trinajstić information content (AvgIpc) is 2.58. The molecule has 1 amide bonds. The van der Waals surface area contributed by atoms with Crippen LogP contribution in [-0.2, 0) is 4.79 Å². The van der Waals surface area contributed by atoms with Crippen LogP contribution in [0, 0.1) is 4.77 Å². The molecule has 0 bridgehead atoms. The maximum atomic E-state index is 12.0. The summed E-state index contributed by atoms with van der Waals surface area (Å²) in [6, 6.07) is -0.227. The lowest BCUT2D eigenvalue weighted by Crippen LogP contribution is -2.36. The summed E-state index contributed by atoms with van der Waals surface area (Å²) < 4.78 is 2.26. The van der Waals surface area contributed by atoms with Crippen LogP contribution in [0.15, 0.2) is 0 Å². The number of carbonyl (C=O) groups is 1. The first-order chi connectivity index (χ1) is 7.84. The molecule has 1 unspecified atom stereocenters. The number of H-pyrrole nitrogens is 1. The zero-order chi connectivity index (χ0) is 13.2. The molecule has 6 heteroatoms. The fourth-order valence-electron chi connectivity index (χ4n) is 1.62. The molecule has 0 saturated carbocycles. The molecule has 0 aliphatic heterocycles. The largest absolute Gasteiger partial charge is 0.352 e. The SMILES string of the molecule is CC(C)NC(=O)C(C)n1c(C(C)C)n[nH]c1=S. The third-order valence-corrected chi connectivity index (χ3v) is 2.73. The Bertz CT molecular complexity index is 447. The first kappa shape index (κ1) is 13.9. The first-order valence-corrected chi connectivity index (χ1v) is 6.22. The zero-order valence-electron chi connectivity index (χ0n) is 10.9. The predicted molar refractivity (Wildman–Crippen MR) is 69.5 cm³/mol. The van der Waals surface area contributed by atoms with Crippen LogP contribution >= 0.6 is 12.2 Å². The van der Waals surface area contributed by atoms with Gasteiger partial charge in [-0.1, -0.05) is 13.8 Å². The number of aromatic amines is 1. The van der Waals surface area contributed by atoms with E-state index in [2.05, 4.69) is 15.5 Å². The topological polar surface area (TPSA) is 62.7 Å². The van der Waals surface area contributed by atoms with Crippen LogP contribution in [0.3, 0.4) is 0 Å². The van der Waals surface area contributed by atoms with E-state index in [1.54, 1.807) is 4.57 Å². The quantitative estimate of drug-likeness (QED) is 0.811. The fraction of sp³-hybridized carbons (Fsp3) is 0.727. The number of amides is 1. The van der Waals surface area contributed by atoms with Crippen LogP contribution in [0.5, 0.6) is 0 Å². The van der Waals surface area contributed by atoms with Gasteiger partial charge in [-0.25, -0.2) is 0 Å². The minimum absolute atomic E-state index is 0.0422. The van der Waals surface area contributed by atoms with E-state index < -0.39 is 0 Å². The summed E-state index contributed by atoms with van der Waals surface area (Å²) >= 11 is 5.17. The van der Waals surface area contributed by atoms with Crippen molar-refractivity contribution in [1.82, 2.24) is 20.1 Å². The molecule has 0 spiro atoms. The van der Waals surface area contributed by atoms with Gasteiger partial charge in [0.2, 0.25) is 5.91 Å². The molecule has 0 aliphatic carbocycles. The van der Waals surface area contributed by atoms with Gasteiger partial charge in [-0.05, 0) is 33.0 Å². The summed E-state index contributed by atoms with van der Waals surface area (Å²) in [4.78, 5) is 12.0. The average molecular weight is 256 g/mol. The van der Waals surface area contributed by atoms with E-state index in [-0.39, 0.29) is 23.9 Å². The van der Waals surface area contributed by atoms with Gasteiger partial charge in [0.15, 0.2) is 4.77 Å². The summed E-state index contributed by atoms with van der Waals surface area (Å²) in [5.74, 6) is 0.984. The lowest BCUT2D eigenvalue weighted by Gasteiger charge is -2.18. The number of rotatable bonds is 4. The van der Waals surface area contributed by atoms with E-state index in [0.717, 1.165) is 5.82 Å². The molecule has 17 heavy (non-hydrogen) atoms. The van der Waals surface area contributed by atoms with Gasteiger partial charge in [0.25, 0.3) is 0 Å². The molecule has 1 rings (SSSR count). The lowest BCUT2D eigenvalue weighted by atomic mass is 10.2. The predicted octanol–water partition coefficient (Wildman–Crippen LogP) is 2.15. The fourth-order valence-corrected chi connectivity index (χ4v) is 1.92. The molecule has 0 aromatic carbocycles. The molecule has 5 nitrogen and oxygen atoms in total. The number of carbonyl (C=O) groups excluding carboxylic acids is 1. The van der Waals surface area contributed by atoms with Gasteiger partial charge >= 0.3 is 0 Å². The Kier molecular flexibility index (Phi) is 4.45. The lowest BCUT2D eigenvalue weighted by molar-refractivity contribution is -0.124. The summed E-state index contributed by atoms with van der Waals surface area (Å²) in [6.45, 7) is 9.74. The van der Waals surface area contributed by atoms with Gasteiger partial charge in [0.05, 0.1) is 0 Å². The second-order valence-corrected chi connectivity index (χ2v) is 5.14. The van der Waals surface area contributed by atoms with Crippen LogP contribution in [0.1, 0.15) is 52.4 Å². The van der Waals surface area contributed by atoms with Crippen LogP contribution in [-0.4, -0.2) is 26.7 Å². The Hall–Kier alpha value is -1.17. The van der Waals surface area contributed by atoms with Crippen LogP contribution in [0.2, 0.25) is 0 Å². The molecule has 0 fully saturated rings. The highest BCUT2D eigenvalue weighted by Gasteiger charge is 2.21. The molecule has 1 aromatic heterocycles. The highest BCUT2D eigenvalue weighted by molar-refractivity contribution is 7.71. The molecule has 1 aromatic rings. The number of nitrogens with one attached hydrogen (secondary N) is 2. The number of hydrogen-bond donors (Lipinski definition) is 2. The molecule has 0 aliphatic rings. The van der Waals surface area contributed by atoms with Crippen molar-refractivity contribution < 1.29 is 4.79 Å². The van der Waals surface area contributed by atoms with Crippen LogP contribution < -0.4 is 5.32 Å². The van der Waals surface area contributed by atoms with E-state index in [9.17, 15) is 4.79 Å². The minimum atomic E-state index is -0.346. The van der Waals surface area contributed by atoms with Crippen LogP contribution in [0.4, 0.5) is 0 Å². The van der Waals surface area contributed by atoms with Crippen molar-refractivity contribution in [1.29, 1.82) is 0 Å². The molecule has 1 heterocycles. The number of nitrogens with zero attached hydrogens (tertiary/aromatic N) is 2. The van der Waals surface area contributed by atoms with Gasteiger partial charge in [-0.15, -0.1) is 0 Å². The summed E-state index contributed by atoms with van der Waals surface area (Å²) in [7, 11) is 0. The Morgan fingerprint density at radius 2 is 1.94 bits per heavy atom. The Balaban J connectivity index is 3.03. The second kappa shape index (κ2) is 5.44. The van der Waals surface area contributed by atoms with Gasteiger partial charge in [0.1, 0.15) is 11.9 Å². The van der Waals surface area contributed by atoms with Crippen molar-refractivity contribution in [3.8, 4) is 0 Å². The minimum Gasteiger partial charge on any atom is -0.352 e. The van der Waals surface area contributed by atoms with E-state index in [1.165, 1.54) is 0 Å². The summed E-state index contributed by atoms with van der Waals surface area (Å²) in [5, 5.41) is 9.78. The first-order valence-electron chi connectivity index (χ1n) is 5.81. The number of hydrogen-bond acceptors (Lipinski definition) is 3. The zero-order valence-corrected chi connectivity index (χ0v) is 11.8. The molecular weight excluding hydrogens is 236 g/mol. The molecule has 1 atom stereocenters. The maximum absolute atomic E-state index is 12.0. The highest BCUT2D eigenvalue weighted by atomic mass is 32.1. The molecule has 2 N–H and O–H groups in total. The van der Waals surface area contributed by atoms with E-state index >= 15 is 0 Å². The van der Waals surface area contributed by atoms with Crippen molar-refractivity contribution in [2.75, 3.05) is 0 Å². The van der Waals surface area contributed by atoms with Gasteiger partial charge in [-0.2, -0.15) is 5.10 Å². The van der Waals surface area contributed by atoms with Gasteiger partial charge in [0, 0.05) is 12.0 Å². The van der Waals surface area contributed by atoms with Crippen LogP contribution in [0.25, 0.3) is 0 Å².